The van der Waals surface area contributed by atoms with E-state index in [2.05, 4.69) is 21.2 Å². The Balaban J connectivity index is 2.86. The summed E-state index contributed by atoms with van der Waals surface area (Å²) in [7, 11) is 0. The molecule has 0 aliphatic carbocycles. The number of carboxylic acids is 1. The van der Waals surface area contributed by atoms with Crippen molar-refractivity contribution < 1.29 is 14.7 Å². The van der Waals surface area contributed by atoms with Crippen LogP contribution in [0.25, 0.3) is 0 Å². The van der Waals surface area contributed by atoms with Crippen LogP contribution in [0.4, 0.5) is 0 Å². The molecule has 1 atom stereocenters. The molecule has 0 aliphatic heterocycles. The van der Waals surface area contributed by atoms with Crippen molar-refractivity contribution in [3.63, 3.8) is 0 Å². The highest BCUT2D eigenvalue weighted by molar-refractivity contribution is 9.10. The highest BCUT2D eigenvalue weighted by atomic mass is 79.9. The normalized spacial score (nSPS) is 14.2. The summed E-state index contributed by atoms with van der Waals surface area (Å²) in [5.41, 5.74) is -1.22. The summed E-state index contributed by atoms with van der Waals surface area (Å²) in [6.45, 7) is 3.21. The van der Waals surface area contributed by atoms with Crippen LogP contribution < -0.4 is 5.32 Å². The average Bonchev–Trinajstić information content (AvgIpc) is 2.64. The standard InChI is InChI=1S/C10H12BrNO3S/c1-3-10(2,9(14)15)12-8(13)7-6(11)4-5-16-7/h4-5H,3H2,1-2H3,(H,12,13)(H,14,15). The molecule has 88 valence electrons. The number of halogens is 1. The van der Waals surface area contributed by atoms with Gasteiger partial charge in [-0.1, -0.05) is 6.92 Å². The lowest BCUT2D eigenvalue weighted by Crippen LogP contribution is -2.51. The Bertz CT molecular complexity index is 418. The summed E-state index contributed by atoms with van der Waals surface area (Å²) < 4.78 is 0.679. The van der Waals surface area contributed by atoms with Crippen molar-refractivity contribution in [3.05, 3.63) is 20.8 Å². The number of carbonyl (C=O) groups excluding carboxylic acids is 1. The number of carbonyl (C=O) groups is 2. The van der Waals surface area contributed by atoms with Gasteiger partial charge in [0.25, 0.3) is 5.91 Å². The second-order valence-electron chi connectivity index (χ2n) is 3.54. The molecule has 0 radical (unpaired) electrons. The predicted molar refractivity (Wildman–Crippen MR) is 65.8 cm³/mol. The van der Waals surface area contributed by atoms with E-state index in [1.165, 1.54) is 18.3 Å². The van der Waals surface area contributed by atoms with Gasteiger partial charge in [0.15, 0.2) is 0 Å². The minimum Gasteiger partial charge on any atom is -0.480 e. The van der Waals surface area contributed by atoms with Gasteiger partial charge in [-0.3, -0.25) is 4.79 Å². The molecule has 0 fully saturated rings. The van der Waals surface area contributed by atoms with Gasteiger partial charge in [-0.25, -0.2) is 4.79 Å². The second kappa shape index (κ2) is 4.97. The third-order valence-corrected chi connectivity index (χ3v) is 4.23. The first-order chi connectivity index (χ1) is 7.40. The average molecular weight is 306 g/mol. The molecule has 1 unspecified atom stereocenters. The summed E-state index contributed by atoms with van der Waals surface area (Å²) in [5.74, 6) is -1.40. The van der Waals surface area contributed by atoms with Crippen LogP contribution in [-0.4, -0.2) is 22.5 Å². The smallest absolute Gasteiger partial charge is 0.329 e. The Labute approximate surface area is 106 Å². The zero-order valence-electron chi connectivity index (χ0n) is 8.91. The second-order valence-corrected chi connectivity index (χ2v) is 5.31. The highest BCUT2D eigenvalue weighted by Crippen LogP contribution is 2.23. The SMILES string of the molecule is CCC(C)(NC(=O)c1sccc1Br)C(=O)O. The van der Waals surface area contributed by atoms with Gasteiger partial charge in [0.2, 0.25) is 0 Å². The first kappa shape index (κ1) is 13.2. The molecule has 6 heteroatoms. The van der Waals surface area contributed by atoms with Gasteiger partial charge in [-0.15, -0.1) is 11.3 Å². The Hall–Kier alpha value is -0.880. The van der Waals surface area contributed by atoms with Crippen LogP contribution >= 0.6 is 27.3 Å². The minimum absolute atomic E-state index is 0.330. The van der Waals surface area contributed by atoms with Gasteiger partial charge in [0.05, 0.1) is 0 Å². The summed E-state index contributed by atoms with van der Waals surface area (Å²) in [5, 5.41) is 13.3. The molecule has 0 aromatic carbocycles. The number of aliphatic carboxylic acids is 1. The van der Waals surface area contributed by atoms with E-state index in [4.69, 9.17) is 5.11 Å². The third-order valence-electron chi connectivity index (χ3n) is 2.39. The molecule has 1 amide bonds. The van der Waals surface area contributed by atoms with E-state index < -0.39 is 11.5 Å². The van der Waals surface area contributed by atoms with Crippen LogP contribution in [0.1, 0.15) is 29.9 Å². The quantitative estimate of drug-likeness (QED) is 0.898. The molecule has 1 aromatic rings. The molecule has 0 aliphatic rings. The number of hydrogen-bond acceptors (Lipinski definition) is 3. The van der Waals surface area contributed by atoms with Crippen LogP contribution in [0.15, 0.2) is 15.9 Å². The third kappa shape index (κ3) is 2.62. The van der Waals surface area contributed by atoms with Crippen molar-refractivity contribution in [1.29, 1.82) is 0 Å². The zero-order valence-corrected chi connectivity index (χ0v) is 11.3. The predicted octanol–water partition coefficient (Wildman–Crippen LogP) is 2.49. The van der Waals surface area contributed by atoms with Gasteiger partial charge in [0.1, 0.15) is 10.4 Å². The van der Waals surface area contributed by atoms with Crippen LogP contribution in [-0.2, 0) is 4.79 Å². The molecule has 1 rings (SSSR count). The number of nitrogens with one attached hydrogen (secondary N) is 1. The Morgan fingerprint density at radius 3 is 2.62 bits per heavy atom. The van der Waals surface area contributed by atoms with Crippen molar-refractivity contribution in [2.24, 2.45) is 0 Å². The molecule has 16 heavy (non-hydrogen) atoms. The van der Waals surface area contributed by atoms with E-state index >= 15 is 0 Å². The van der Waals surface area contributed by atoms with E-state index in [0.717, 1.165) is 0 Å². The van der Waals surface area contributed by atoms with Crippen LogP contribution in [0.2, 0.25) is 0 Å². The summed E-state index contributed by atoms with van der Waals surface area (Å²) in [6, 6.07) is 1.75. The summed E-state index contributed by atoms with van der Waals surface area (Å²) in [4.78, 5) is 23.3. The molecular formula is C10H12BrNO3S. The molecule has 0 saturated heterocycles. The fraction of sp³-hybridized carbons (Fsp3) is 0.400. The Kier molecular flexibility index (Phi) is 4.09. The monoisotopic (exact) mass is 305 g/mol. The van der Waals surface area contributed by atoms with Gasteiger partial charge in [0, 0.05) is 4.47 Å². The van der Waals surface area contributed by atoms with E-state index in [-0.39, 0.29) is 5.91 Å². The molecule has 0 bridgehead atoms. The fourth-order valence-corrected chi connectivity index (χ4v) is 2.50. The van der Waals surface area contributed by atoms with Gasteiger partial charge in [-0.2, -0.15) is 0 Å². The van der Waals surface area contributed by atoms with Gasteiger partial charge < -0.3 is 10.4 Å². The van der Waals surface area contributed by atoms with Gasteiger partial charge in [-0.05, 0) is 40.7 Å². The first-order valence-corrected chi connectivity index (χ1v) is 6.37. The van der Waals surface area contributed by atoms with E-state index in [1.807, 2.05) is 0 Å². The molecule has 4 nitrogen and oxygen atoms in total. The van der Waals surface area contributed by atoms with Crippen molar-refractivity contribution in [3.8, 4) is 0 Å². The van der Waals surface area contributed by atoms with E-state index in [9.17, 15) is 9.59 Å². The fourth-order valence-electron chi connectivity index (χ4n) is 1.06. The molecule has 0 spiro atoms. The lowest BCUT2D eigenvalue weighted by Gasteiger charge is -2.24. The van der Waals surface area contributed by atoms with Crippen molar-refractivity contribution in [2.75, 3.05) is 0 Å². The van der Waals surface area contributed by atoms with E-state index in [0.29, 0.717) is 15.8 Å². The van der Waals surface area contributed by atoms with Crippen molar-refractivity contribution >= 4 is 39.1 Å². The maximum atomic E-state index is 11.8. The van der Waals surface area contributed by atoms with Crippen LogP contribution in [0.5, 0.6) is 0 Å². The lowest BCUT2D eigenvalue weighted by molar-refractivity contribution is -0.143. The largest absolute Gasteiger partial charge is 0.480 e. The summed E-state index contributed by atoms with van der Waals surface area (Å²) >= 11 is 4.50. The number of thiophene rings is 1. The number of amides is 1. The molecule has 1 heterocycles. The Morgan fingerprint density at radius 1 is 1.62 bits per heavy atom. The Morgan fingerprint density at radius 2 is 2.25 bits per heavy atom. The molecule has 2 N–H and O–H groups in total. The minimum atomic E-state index is -1.22. The first-order valence-electron chi connectivity index (χ1n) is 4.69. The van der Waals surface area contributed by atoms with Crippen molar-refractivity contribution in [2.45, 2.75) is 25.8 Å². The van der Waals surface area contributed by atoms with E-state index in [1.54, 1.807) is 18.4 Å². The van der Waals surface area contributed by atoms with Crippen molar-refractivity contribution in [1.82, 2.24) is 5.32 Å². The molecule has 0 saturated carbocycles. The van der Waals surface area contributed by atoms with Gasteiger partial charge >= 0.3 is 5.97 Å². The zero-order chi connectivity index (χ0) is 12.3. The number of rotatable bonds is 4. The lowest BCUT2D eigenvalue weighted by atomic mass is 9.99. The summed E-state index contributed by atoms with van der Waals surface area (Å²) in [6.07, 6.45) is 0.330. The number of hydrogen-bond donors (Lipinski definition) is 2. The van der Waals surface area contributed by atoms with Crippen LogP contribution in [0, 0.1) is 0 Å². The maximum absolute atomic E-state index is 11.8. The molecular weight excluding hydrogens is 294 g/mol. The highest BCUT2D eigenvalue weighted by Gasteiger charge is 2.33. The maximum Gasteiger partial charge on any atom is 0.329 e. The topological polar surface area (TPSA) is 66.4 Å². The number of carboxylic acid groups (broad SMARTS) is 1. The van der Waals surface area contributed by atoms with Crippen LogP contribution in [0.3, 0.4) is 0 Å². The molecule has 1 aromatic heterocycles.